The van der Waals surface area contributed by atoms with Crippen molar-refractivity contribution in [1.82, 2.24) is 25.0 Å². The lowest BCUT2D eigenvalue weighted by Crippen LogP contribution is -2.09. The van der Waals surface area contributed by atoms with Crippen LogP contribution in [-0.4, -0.2) is 36.0 Å². The molecule has 0 saturated carbocycles. The van der Waals surface area contributed by atoms with Crippen molar-refractivity contribution in [3.05, 3.63) is 48.2 Å². The van der Waals surface area contributed by atoms with Crippen LogP contribution in [0.25, 0.3) is 22.1 Å². The van der Waals surface area contributed by atoms with Gasteiger partial charge in [0.2, 0.25) is 0 Å². The van der Waals surface area contributed by atoms with E-state index in [1.807, 2.05) is 36.4 Å². The quantitative estimate of drug-likeness (QED) is 0.543. The maximum atomic E-state index is 10.9. The Bertz CT molecular complexity index is 1140. The fraction of sp³-hybridized carbons (Fsp3) is 0.211. The minimum absolute atomic E-state index is 0.222. The molecule has 2 heterocycles. The number of rotatable bonds is 6. The van der Waals surface area contributed by atoms with Gasteiger partial charge in [-0.05, 0) is 36.8 Å². The van der Waals surface area contributed by atoms with Gasteiger partial charge in [-0.2, -0.15) is 0 Å². The molecule has 0 radical (unpaired) electrons. The SMILES string of the molecule is CCCc1nc2ccccc2nc1Nc1ccc2c(c1)nnn2CC(=O)O. The first-order valence-electron chi connectivity index (χ1n) is 8.72. The molecule has 4 aromatic rings. The Kier molecular flexibility index (Phi) is 4.37. The second-order valence-corrected chi connectivity index (χ2v) is 6.23. The van der Waals surface area contributed by atoms with E-state index in [1.54, 1.807) is 6.07 Å². The zero-order valence-electron chi connectivity index (χ0n) is 14.8. The maximum Gasteiger partial charge on any atom is 0.325 e. The zero-order valence-corrected chi connectivity index (χ0v) is 14.8. The Hall–Kier alpha value is -3.55. The molecule has 0 aliphatic carbocycles. The fourth-order valence-corrected chi connectivity index (χ4v) is 2.98. The predicted molar refractivity (Wildman–Crippen MR) is 102 cm³/mol. The van der Waals surface area contributed by atoms with Gasteiger partial charge in [-0.15, -0.1) is 5.10 Å². The summed E-state index contributed by atoms with van der Waals surface area (Å²) in [6, 6.07) is 13.3. The Labute approximate surface area is 154 Å². The minimum atomic E-state index is -0.959. The summed E-state index contributed by atoms with van der Waals surface area (Å²) in [5.41, 5.74) is 4.69. The van der Waals surface area contributed by atoms with E-state index in [2.05, 4.69) is 22.6 Å². The Morgan fingerprint density at radius 1 is 1.11 bits per heavy atom. The number of nitrogens with one attached hydrogen (secondary N) is 1. The van der Waals surface area contributed by atoms with Crippen molar-refractivity contribution in [2.45, 2.75) is 26.3 Å². The van der Waals surface area contributed by atoms with Gasteiger partial charge in [-0.25, -0.2) is 14.6 Å². The van der Waals surface area contributed by atoms with Crippen LogP contribution in [0, 0.1) is 0 Å². The first-order valence-corrected chi connectivity index (χ1v) is 8.72. The van der Waals surface area contributed by atoms with Gasteiger partial charge in [0.05, 0.1) is 22.2 Å². The third kappa shape index (κ3) is 3.41. The molecule has 2 N–H and O–H groups in total. The van der Waals surface area contributed by atoms with Crippen molar-refractivity contribution in [2.75, 3.05) is 5.32 Å². The van der Waals surface area contributed by atoms with Crippen molar-refractivity contribution in [3.63, 3.8) is 0 Å². The van der Waals surface area contributed by atoms with Gasteiger partial charge in [0.1, 0.15) is 12.1 Å². The van der Waals surface area contributed by atoms with Gasteiger partial charge in [-0.1, -0.05) is 30.7 Å². The molecule has 0 amide bonds. The van der Waals surface area contributed by atoms with Crippen LogP contribution in [0.15, 0.2) is 42.5 Å². The number of aliphatic carboxylic acids is 1. The van der Waals surface area contributed by atoms with E-state index in [4.69, 9.17) is 15.1 Å². The Morgan fingerprint density at radius 2 is 1.89 bits per heavy atom. The van der Waals surface area contributed by atoms with Crippen LogP contribution in [0.3, 0.4) is 0 Å². The third-order valence-electron chi connectivity index (χ3n) is 4.19. The number of aryl methyl sites for hydroxylation is 1. The Balaban J connectivity index is 1.70. The highest BCUT2D eigenvalue weighted by Crippen LogP contribution is 2.24. The first-order chi connectivity index (χ1) is 13.1. The van der Waals surface area contributed by atoms with Crippen LogP contribution in [0.4, 0.5) is 11.5 Å². The number of carboxylic acid groups (broad SMARTS) is 1. The monoisotopic (exact) mass is 362 g/mol. The van der Waals surface area contributed by atoms with Gasteiger partial charge in [0, 0.05) is 5.69 Å². The highest BCUT2D eigenvalue weighted by Gasteiger charge is 2.11. The number of para-hydroxylation sites is 2. The molecule has 0 saturated heterocycles. The van der Waals surface area contributed by atoms with E-state index in [0.29, 0.717) is 16.9 Å². The summed E-state index contributed by atoms with van der Waals surface area (Å²) in [6.07, 6.45) is 1.78. The molecule has 0 aliphatic rings. The molecule has 2 aromatic carbocycles. The van der Waals surface area contributed by atoms with E-state index in [9.17, 15) is 4.79 Å². The van der Waals surface area contributed by atoms with Crippen LogP contribution in [-0.2, 0) is 17.8 Å². The predicted octanol–water partition coefficient (Wildman–Crippen LogP) is 3.16. The lowest BCUT2D eigenvalue weighted by molar-refractivity contribution is -0.137. The van der Waals surface area contributed by atoms with Crippen molar-refractivity contribution in [3.8, 4) is 0 Å². The molecule has 0 spiro atoms. The van der Waals surface area contributed by atoms with Gasteiger partial charge in [0.25, 0.3) is 0 Å². The first kappa shape index (κ1) is 16.9. The van der Waals surface area contributed by atoms with E-state index in [1.165, 1.54) is 4.68 Å². The number of anilines is 2. The van der Waals surface area contributed by atoms with E-state index < -0.39 is 5.97 Å². The lowest BCUT2D eigenvalue weighted by Gasteiger charge is -2.11. The molecule has 8 heteroatoms. The summed E-state index contributed by atoms with van der Waals surface area (Å²) < 4.78 is 1.36. The molecular formula is C19H18N6O2. The summed E-state index contributed by atoms with van der Waals surface area (Å²) in [6.45, 7) is 1.88. The van der Waals surface area contributed by atoms with Crippen molar-refractivity contribution in [2.24, 2.45) is 0 Å². The van der Waals surface area contributed by atoms with Gasteiger partial charge >= 0.3 is 5.97 Å². The van der Waals surface area contributed by atoms with E-state index in [-0.39, 0.29) is 6.54 Å². The molecule has 0 unspecified atom stereocenters. The molecule has 0 bridgehead atoms. The summed E-state index contributed by atoms with van der Waals surface area (Å²) >= 11 is 0. The summed E-state index contributed by atoms with van der Waals surface area (Å²) in [7, 11) is 0. The molecule has 27 heavy (non-hydrogen) atoms. The highest BCUT2D eigenvalue weighted by molar-refractivity contribution is 5.82. The smallest absolute Gasteiger partial charge is 0.325 e. The molecule has 0 aliphatic heterocycles. The maximum absolute atomic E-state index is 10.9. The van der Waals surface area contributed by atoms with Crippen LogP contribution < -0.4 is 5.32 Å². The second-order valence-electron chi connectivity index (χ2n) is 6.23. The number of carbonyl (C=O) groups is 1. The standard InChI is InChI=1S/C19H18N6O2/c1-2-5-15-19(22-14-7-4-3-6-13(14)21-15)20-12-8-9-17-16(10-12)23-24-25(17)11-18(26)27/h3-4,6-10H,2,5,11H2,1H3,(H,20,22)(H,26,27). The molecule has 8 nitrogen and oxygen atoms in total. The topological polar surface area (TPSA) is 106 Å². The van der Waals surface area contributed by atoms with Crippen LogP contribution >= 0.6 is 0 Å². The molecule has 0 fully saturated rings. The van der Waals surface area contributed by atoms with Gasteiger partial charge in [0.15, 0.2) is 5.82 Å². The molecular weight excluding hydrogens is 344 g/mol. The molecule has 2 aromatic heterocycles. The average molecular weight is 362 g/mol. The zero-order chi connectivity index (χ0) is 18.8. The minimum Gasteiger partial charge on any atom is -0.480 e. The largest absolute Gasteiger partial charge is 0.480 e. The number of fused-ring (bicyclic) bond motifs is 2. The number of carboxylic acids is 1. The summed E-state index contributed by atoms with van der Waals surface area (Å²) in [5, 5.41) is 20.2. The number of hydrogen-bond acceptors (Lipinski definition) is 6. The van der Waals surface area contributed by atoms with Gasteiger partial charge < -0.3 is 10.4 Å². The molecule has 4 rings (SSSR count). The second kappa shape index (κ2) is 6.99. The van der Waals surface area contributed by atoms with Crippen molar-refractivity contribution in [1.29, 1.82) is 0 Å². The number of benzene rings is 2. The van der Waals surface area contributed by atoms with E-state index in [0.717, 1.165) is 35.3 Å². The Morgan fingerprint density at radius 3 is 2.63 bits per heavy atom. The lowest BCUT2D eigenvalue weighted by atomic mass is 10.2. The number of nitrogens with zero attached hydrogens (tertiary/aromatic N) is 5. The van der Waals surface area contributed by atoms with Crippen LogP contribution in [0.1, 0.15) is 19.0 Å². The molecule has 0 atom stereocenters. The third-order valence-corrected chi connectivity index (χ3v) is 4.19. The average Bonchev–Trinajstić information content (AvgIpc) is 3.04. The highest BCUT2D eigenvalue weighted by atomic mass is 16.4. The van der Waals surface area contributed by atoms with Crippen LogP contribution in [0.2, 0.25) is 0 Å². The summed E-state index contributed by atoms with van der Waals surface area (Å²) in [4.78, 5) is 20.4. The number of aromatic nitrogens is 5. The number of hydrogen-bond donors (Lipinski definition) is 2. The summed E-state index contributed by atoms with van der Waals surface area (Å²) in [5.74, 6) is -0.243. The fourth-order valence-electron chi connectivity index (χ4n) is 2.98. The van der Waals surface area contributed by atoms with Crippen molar-refractivity contribution >= 4 is 39.5 Å². The van der Waals surface area contributed by atoms with Crippen molar-refractivity contribution < 1.29 is 9.90 Å². The van der Waals surface area contributed by atoms with Gasteiger partial charge in [-0.3, -0.25) is 4.79 Å². The van der Waals surface area contributed by atoms with Crippen LogP contribution in [0.5, 0.6) is 0 Å². The molecule has 136 valence electrons. The van der Waals surface area contributed by atoms with E-state index >= 15 is 0 Å². The normalized spacial score (nSPS) is 11.1.